The normalized spacial score (nSPS) is 13.7. The van der Waals surface area contributed by atoms with Crippen molar-refractivity contribution in [2.75, 3.05) is 0 Å². The maximum Gasteiger partial charge on any atom is 0.241 e. The molecular weight excluding hydrogens is 272 g/mol. The Kier molecular flexibility index (Phi) is 6.17. The molecule has 0 aromatic heterocycles. The highest BCUT2D eigenvalue weighted by molar-refractivity contribution is 7.89. The Morgan fingerprint density at radius 1 is 1.25 bits per heavy atom. The number of benzene rings is 1. The highest BCUT2D eigenvalue weighted by Gasteiger charge is 2.23. The van der Waals surface area contributed by atoms with Gasteiger partial charge in [-0.05, 0) is 37.0 Å². The molecule has 1 rings (SSSR count). The predicted octanol–water partition coefficient (Wildman–Crippen LogP) is 2.56. The molecule has 0 amide bonds. The molecule has 0 saturated heterocycles. The molecule has 1 atom stereocenters. The lowest BCUT2D eigenvalue weighted by Crippen LogP contribution is -2.38. The average Bonchev–Trinajstić information content (AvgIpc) is 2.38. The third-order valence-corrected chi connectivity index (χ3v) is 5.58. The molecule has 0 bridgehead atoms. The Labute approximate surface area is 122 Å². The maximum atomic E-state index is 12.5. The Hall–Kier alpha value is -0.910. The van der Waals surface area contributed by atoms with Crippen molar-refractivity contribution in [2.45, 2.75) is 58.0 Å². The van der Waals surface area contributed by atoms with Gasteiger partial charge in [-0.3, -0.25) is 0 Å². The van der Waals surface area contributed by atoms with Crippen LogP contribution >= 0.6 is 0 Å². The highest BCUT2D eigenvalue weighted by atomic mass is 32.2. The van der Waals surface area contributed by atoms with Crippen LogP contribution in [0.3, 0.4) is 0 Å². The highest BCUT2D eigenvalue weighted by Crippen LogP contribution is 2.19. The number of hydrogen-bond acceptors (Lipinski definition) is 3. The van der Waals surface area contributed by atoms with E-state index in [1.165, 1.54) is 0 Å². The summed E-state index contributed by atoms with van der Waals surface area (Å²) in [5, 5.41) is 0. The molecule has 0 aliphatic heterocycles. The summed E-state index contributed by atoms with van der Waals surface area (Å²) >= 11 is 0. The maximum absolute atomic E-state index is 12.5. The smallest absolute Gasteiger partial charge is 0.241 e. The van der Waals surface area contributed by atoms with Crippen molar-refractivity contribution in [1.29, 1.82) is 0 Å². The third kappa shape index (κ3) is 4.04. The van der Waals surface area contributed by atoms with Crippen LogP contribution in [0.5, 0.6) is 0 Å². The summed E-state index contributed by atoms with van der Waals surface area (Å²) in [6.45, 7) is 8.31. The summed E-state index contributed by atoms with van der Waals surface area (Å²) < 4.78 is 27.7. The van der Waals surface area contributed by atoms with Crippen LogP contribution < -0.4 is 10.5 Å². The van der Waals surface area contributed by atoms with Crippen molar-refractivity contribution in [3.8, 4) is 0 Å². The first-order valence-electron chi connectivity index (χ1n) is 7.17. The summed E-state index contributed by atoms with van der Waals surface area (Å²) in [4.78, 5) is 0.340. The lowest BCUT2D eigenvalue weighted by molar-refractivity contribution is 0.390. The van der Waals surface area contributed by atoms with E-state index >= 15 is 0 Å². The van der Waals surface area contributed by atoms with Gasteiger partial charge in [0.1, 0.15) is 0 Å². The molecule has 1 aromatic rings. The number of sulfonamides is 1. The molecule has 0 saturated carbocycles. The lowest BCUT2D eigenvalue weighted by Gasteiger charge is -2.23. The molecule has 1 unspecified atom stereocenters. The first kappa shape index (κ1) is 17.1. The molecule has 5 heteroatoms. The first-order chi connectivity index (χ1) is 9.35. The molecule has 4 nitrogen and oxygen atoms in total. The Bertz CT molecular complexity index is 537. The fourth-order valence-corrected chi connectivity index (χ4v) is 4.08. The molecule has 0 aliphatic rings. The Morgan fingerprint density at radius 2 is 1.85 bits per heavy atom. The van der Waals surface area contributed by atoms with Crippen molar-refractivity contribution in [3.63, 3.8) is 0 Å². The molecule has 114 valence electrons. The second kappa shape index (κ2) is 7.20. The van der Waals surface area contributed by atoms with E-state index < -0.39 is 10.0 Å². The summed E-state index contributed by atoms with van der Waals surface area (Å²) in [6.07, 6.45) is 1.93. The quantitative estimate of drug-likeness (QED) is 0.812. The largest absolute Gasteiger partial charge is 0.326 e. The zero-order chi connectivity index (χ0) is 15.3. The molecule has 3 N–H and O–H groups in total. The molecule has 0 heterocycles. The van der Waals surface area contributed by atoms with Gasteiger partial charge in [0, 0.05) is 12.6 Å². The van der Waals surface area contributed by atoms with Gasteiger partial charge in [0.05, 0.1) is 4.90 Å². The lowest BCUT2D eigenvalue weighted by atomic mass is 9.96. The Morgan fingerprint density at radius 3 is 2.30 bits per heavy atom. The van der Waals surface area contributed by atoms with E-state index in [2.05, 4.69) is 18.6 Å². The van der Waals surface area contributed by atoms with Gasteiger partial charge in [-0.1, -0.05) is 38.8 Å². The van der Waals surface area contributed by atoms with Gasteiger partial charge in [-0.2, -0.15) is 0 Å². The number of aryl methyl sites for hydroxylation is 1. The molecule has 0 aliphatic carbocycles. The van der Waals surface area contributed by atoms with E-state index in [1.54, 1.807) is 19.1 Å². The van der Waals surface area contributed by atoms with Crippen molar-refractivity contribution >= 4 is 10.0 Å². The SMILES string of the molecule is CCC(CC)C(C)NS(=O)(=O)c1ccc(CN)cc1C. The second-order valence-corrected chi connectivity index (χ2v) is 6.97. The fourth-order valence-electron chi connectivity index (χ4n) is 2.54. The molecular formula is C15H26N2O2S. The molecule has 20 heavy (non-hydrogen) atoms. The van der Waals surface area contributed by atoms with Crippen LogP contribution in [0.2, 0.25) is 0 Å². The number of nitrogens with two attached hydrogens (primary N) is 1. The van der Waals surface area contributed by atoms with Crippen molar-refractivity contribution in [3.05, 3.63) is 29.3 Å². The molecule has 0 radical (unpaired) electrons. The van der Waals surface area contributed by atoms with Crippen molar-refractivity contribution < 1.29 is 8.42 Å². The zero-order valence-corrected chi connectivity index (χ0v) is 13.6. The first-order valence-corrected chi connectivity index (χ1v) is 8.65. The van der Waals surface area contributed by atoms with Gasteiger partial charge in [0.2, 0.25) is 10.0 Å². The summed E-state index contributed by atoms with van der Waals surface area (Å²) in [7, 11) is -3.47. The van der Waals surface area contributed by atoms with Crippen LogP contribution in [0, 0.1) is 12.8 Å². The minimum absolute atomic E-state index is 0.0661. The summed E-state index contributed by atoms with van der Waals surface area (Å²) in [5.74, 6) is 0.355. The second-order valence-electron chi connectivity index (χ2n) is 5.29. The van der Waals surface area contributed by atoms with Crippen molar-refractivity contribution in [1.82, 2.24) is 4.72 Å². The van der Waals surface area contributed by atoms with Gasteiger partial charge in [0.15, 0.2) is 0 Å². The van der Waals surface area contributed by atoms with Crippen LogP contribution in [0.15, 0.2) is 23.1 Å². The van der Waals surface area contributed by atoms with Gasteiger partial charge < -0.3 is 5.73 Å². The topological polar surface area (TPSA) is 72.2 Å². The van der Waals surface area contributed by atoms with Crippen LogP contribution in [0.4, 0.5) is 0 Å². The van der Waals surface area contributed by atoms with E-state index in [9.17, 15) is 8.42 Å². The number of rotatable bonds is 7. The minimum Gasteiger partial charge on any atom is -0.326 e. The van der Waals surface area contributed by atoms with Crippen molar-refractivity contribution in [2.24, 2.45) is 11.7 Å². The standard InChI is InChI=1S/C15H26N2O2S/c1-5-14(6-2)12(4)17-20(18,19)15-8-7-13(10-16)9-11(15)3/h7-9,12,14,17H,5-6,10,16H2,1-4H3. The van der Waals surface area contributed by atoms with E-state index in [-0.39, 0.29) is 6.04 Å². The predicted molar refractivity (Wildman–Crippen MR) is 82.9 cm³/mol. The molecule has 1 aromatic carbocycles. The number of nitrogens with one attached hydrogen (secondary N) is 1. The van der Waals surface area contributed by atoms with Crippen LogP contribution in [0.25, 0.3) is 0 Å². The summed E-state index contributed by atoms with van der Waals surface area (Å²) in [5.41, 5.74) is 7.24. The number of hydrogen-bond donors (Lipinski definition) is 2. The van der Waals surface area contributed by atoms with Gasteiger partial charge >= 0.3 is 0 Å². The van der Waals surface area contributed by atoms with Gasteiger partial charge in [0.25, 0.3) is 0 Å². The van der Waals surface area contributed by atoms with E-state index in [0.29, 0.717) is 17.4 Å². The van der Waals surface area contributed by atoms with Crippen LogP contribution in [-0.4, -0.2) is 14.5 Å². The average molecular weight is 298 g/mol. The molecule has 0 spiro atoms. The minimum atomic E-state index is -3.47. The van der Waals surface area contributed by atoms with Gasteiger partial charge in [-0.25, -0.2) is 13.1 Å². The zero-order valence-electron chi connectivity index (χ0n) is 12.8. The molecule has 0 fully saturated rings. The third-order valence-electron chi connectivity index (χ3n) is 3.86. The monoisotopic (exact) mass is 298 g/mol. The van der Waals surface area contributed by atoms with Crippen LogP contribution in [0.1, 0.15) is 44.7 Å². The van der Waals surface area contributed by atoms with Gasteiger partial charge in [-0.15, -0.1) is 0 Å². The Balaban J connectivity index is 2.99. The fraction of sp³-hybridized carbons (Fsp3) is 0.600. The van der Waals surface area contributed by atoms with E-state index in [1.807, 2.05) is 13.0 Å². The van der Waals surface area contributed by atoms with E-state index in [0.717, 1.165) is 24.0 Å². The van der Waals surface area contributed by atoms with E-state index in [4.69, 9.17) is 5.73 Å². The van der Waals surface area contributed by atoms with Crippen LogP contribution in [-0.2, 0) is 16.6 Å². The summed E-state index contributed by atoms with van der Waals surface area (Å²) in [6, 6.07) is 5.17.